The van der Waals surface area contributed by atoms with Crippen LogP contribution in [0.4, 0.5) is 0 Å². The van der Waals surface area contributed by atoms with Crippen molar-refractivity contribution in [3.8, 4) is 11.1 Å². The Balaban J connectivity index is 0.00000112. The third-order valence-corrected chi connectivity index (χ3v) is 3.59. The van der Waals surface area contributed by atoms with Crippen LogP contribution in [0.2, 0.25) is 0 Å². The van der Waals surface area contributed by atoms with Crippen molar-refractivity contribution >= 4 is 12.8 Å². The van der Waals surface area contributed by atoms with Gasteiger partial charge in [0.25, 0.3) is 0 Å². The van der Waals surface area contributed by atoms with Crippen molar-refractivity contribution in [2.75, 3.05) is 0 Å². The number of nitrogens with two attached hydrogens (primary N) is 1. The summed E-state index contributed by atoms with van der Waals surface area (Å²) in [4.78, 5) is 0. The molecule has 2 N–H and O–H groups in total. The average molecular weight is 332 g/mol. The minimum atomic E-state index is 0.213. The maximum absolute atomic E-state index is 4.19. The molecule has 23 heavy (non-hydrogen) atoms. The van der Waals surface area contributed by atoms with Crippen LogP contribution in [0.5, 0.6) is 0 Å². The quantitative estimate of drug-likeness (QED) is 0.581. The van der Waals surface area contributed by atoms with E-state index < -0.39 is 0 Å². The molecule has 1 nitrogen and oxygen atoms in total. The van der Waals surface area contributed by atoms with Gasteiger partial charge in [0.15, 0.2) is 0 Å². The van der Waals surface area contributed by atoms with Crippen LogP contribution in [0, 0.1) is 20.8 Å². The van der Waals surface area contributed by atoms with Crippen LogP contribution in [0.3, 0.4) is 0 Å². The van der Waals surface area contributed by atoms with Gasteiger partial charge in [-0.15, -0.1) is 12.8 Å². The SMILES string of the molecule is CC.Cc1cc(C)cc(-c2ccc(C(C)(C)C)c(C)c2)c1.NS. The smallest absolute Gasteiger partial charge is 0.0129 e. The van der Waals surface area contributed by atoms with Gasteiger partial charge in [-0.3, -0.25) is 5.14 Å². The highest BCUT2D eigenvalue weighted by molar-refractivity contribution is 7.77. The maximum Gasteiger partial charge on any atom is -0.0129 e. The van der Waals surface area contributed by atoms with Crippen molar-refractivity contribution in [2.45, 2.75) is 60.8 Å². The fraction of sp³-hybridized carbons (Fsp3) is 0.429. The molecule has 0 atom stereocenters. The molecule has 0 saturated carbocycles. The van der Waals surface area contributed by atoms with Crippen LogP contribution < -0.4 is 5.14 Å². The molecule has 0 heterocycles. The minimum absolute atomic E-state index is 0.213. The predicted octanol–water partition coefficient (Wildman–Crippen LogP) is 6.39. The highest BCUT2D eigenvalue weighted by Gasteiger charge is 2.16. The van der Waals surface area contributed by atoms with Gasteiger partial charge in [0.2, 0.25) is 0 Å². The molecule has 0 aliphatic carbocycles. The Morgan fingerprint density at radius 1 is 0.739 bits per heavy atom. The summed E-state index contributed by atoms with van der Waals surface area (Å²) in [5.41, 5.74) is 8.31. The fourth-order valence-corrected chi connectivity index (χ4v) is 2.83. The second kappa shape index (κ2) is 9.79. The zero-order chi connectivity index (χ0) is 18.2. The van der Waals surface area contributed by atoms with E-state index in [9.17, 15) is 0 Å². The molecule has 0 spiro atoms. The number of hydrogen-bond acceptors (Lipinski definition) is 2. The normalized spacial score (nSPS) is 10.2. The molecule has 0 bridgehead atoms. The third-order valence-electron chi connectivity index (χ3n) is 3.59. The summed E-state index contributed by atoms with van der Waals surface area (Å²) in [6.45, 7) is 17.3. The molecule has 2 aromatic rings. The first-order chi connectivity index (χ1) is 10.8. The van der Waals surface area contributed by atoms with E-state index >= 15 is 0 Å². The maximum atomic E-state index is 4.19. The number of benzene rings is 2. The Morgan fingerprint density at radius 3 is 1.61 bits per heavy atom. The summed E-state index contributed by atoms with van der Waals surface area (Å²) in [7, 11) is 0. The minimum Gasteiger partial charge on any atom is -0.281 e. The van der Waals surface area contributed by atoms with Crippen LogP contribution in [0.25, 0.3) is 11.1 Å². The van der Waals surface area contributed by atoms with Gasteiger partial charge in [0, 0.05) is 0 Å². The molecule has 0 aliphatic rings. The Hall–Kier alpha value is -1.25. The van der Waals surface area contributed by atoms with Crippen molar-refractivity contribution in [2.24, 2.45) is 5.14 Å². The number of thiol groups is 1. The van der Waals surface area contributed by atoms with Gasteiger partial charge in [-0.1, -0.05) is 82.1 Å². The number of aryl methyl sites for hydroxylation is 3. The molecule has 2 heteroatoms. The topological polar surface area (TPSA) is 26.0 Å². The summed E-state index contributed by atoms with van der Waals surface area (Å²) in [5, 5.41) is 4.19. The Morgan fingerprint density at radius 2 is 1.22 bits per heavy atom. The van der Waals surface area contributed by atoms with Gasteiger partial charge < -0.3 is 0 Å². The van der Waals surface area contributed by atoms with Crippen molar-refractivity contribution in [1.82, 2.24) is 0 Å². The second-order valence-corrected chi connectivity index (χ2v) is 6.66. The first-order valence-electron chi connectivity index (χ1n) is 8.23. The molecule has 0 aromatic heterocycles. The number of hydrogen-bond donors (Lipinski definition) is 2. The van der Waals surface area contributed by atoms with E-state index in [0.29, 0.717) is 0 Å². The van der Waals surface area contributed by atoms with Crippen molar-refractivity contribution in [1.29, 1.82) is 0 Å². The highest BCUT2D eigenvalue weighted by atomic mass is 32.1. The van der Waals surface area contributed by atoms with Crippen molar-refractivity contribution < 1.29 is 0 Å². The van der Waals surface area contributed by atoms with Crippen LogP contribution in [-0.2, 0) is 5.41 Å². The first-order valence-corrected chi connectivity index (χ1v) is 8.74. The van der Waals surface area contributed by atoms with Crippen LogP contribution >= 0.6 is 12.8 Å². The van der Waals surface area contributed by atoms with E-state index in [4.69, 9.17) is 0 Å². The van der Waals surface area contributed by atoms with Crippen LogP contribution in [-0.4, -0.2) is 0 Å². The monoisotopic (exact) mass is 331 g/mol. The standard InChI is InChI=1S/C19H24.C2H6.H3NS/c1-13-9-14(2)11-17(10-13)16-7-8-18(15(3)12-16)19(4,5)6;2*1-2/h7-12H,1-6H3;1-2H3;2H,1H2. The van der Waals surface area contributed by atoms with Gasteiger partial charge >= 0.3 is 0 Å². The van der Waals surface area contributed by atoms with E-state index in [1.807, 2.05) is 13.8 Å². The van der Waals surface area contributed by atoms with Crippen LogP contribution in [0.1, 0.15) is 56.9 Å². The van der Waals surface area contributed by atoms with E-state index in [2.05, 4.69) is 95.9 Å². The lowest BCUT2D eigenvalue weighted by atomic mass is 9.83. The largest absolute Gasteiger partial charge is 0.281 e. The Kier molecular flexibility index (Phi) is 9.26. The second-order valence-electron chi connectivity index (χ2n) is 6.66. The van der Waals surface area contributed by atoms with E-state index in [0.717, 1.165) is 0 Å². The molecular formula is C21H33NS. The van der Waals surface area contributed by atoms with Gasteiger partial charge in [0.1, 0.15) is 0 Å². The fourth-order valence-electron chi connectivity index (χ4n) is 2.83. The summed E-state index contributed by atoms with van der Waals surface area (Å²) in [6.07, 6.45) is 0. The third kappa shape index (κ3) is 6.40. The van der Waals surface area contributed by atoms with Gasteiger partial charge in [0.05, 0.1) is 0 Å². The first kappa shape index (κ1) is 21.8. The zero-order valence-corrected chi connectivity index (χ0v) is 16.9. The van der Waals surface area contributed by atoms with Crippen molar-refractivity contribution in [3.05, 3.63) is 58.7 Å². The zero-order valence-electron chi connectivity index (χ0n) is 16.0. The molecule has 0 unspecified atom stereocenters. The van der Waals surface area contributed by atoms with Crippen molar-refractivity contribution in [3.63, 3.8) is 0 Å². The molecule has 0 fully saturated rings. The molecular weight excluding hydrogens is 298 g/mol. The predicted molar refractivity (Wildman–Crippen MR) is 109 cm³/mol. The lowest BCUT2D eigenvalue weighted by Gasteiger charge is -2.22. The summed E-state index contributed by atoms with van der Waals surface area (Å²) < 4.78 is 0. The van der Waals surface area contributed by atoms with Gasteiger partial charge in [-0.25, -0.2) is 0 Å². The van der Waals surface area contributed by atoms with Crippen LogP contribution in [0.15, 0.2) is 36.4 Å². The summed E-state index contributed by atoms with van der Waals surface area (Å²) in [5.74, 6) is 0. The lowest BCUT2D eigenvalue weighted by Crippen LogP contribution is -2.12. The van der Waals surface area contributed by atoms with Gasteiger partial charge in [-0.2, -0.15) is 0 Å². The molecule has 0 radical (unpaired) electrons. The highest BCUT2D eigenvalue weighted by Crippen LogP contribution is 2.30. The Labute approximate surface area is 148 Å². The molecule has 0 amide bonds. The molecule has 2 aromatic carbocycles. The molecule has 128 valence electrons. The summed E-state index contributed by atoms with van der Waals surface area (Å²) in [6, 6.07) is 13.6. The van der Waals surface area contributed by atoms with Gasteiger partial charge in [-0.05, 0) is 48.4 Å². The number of rotatable bonds is 1. The Bertz CT molecular complexity index is 589. The summed E-state index contributed by atoms with van der Waals surface area (Å²) >= 11 is 3.03. The van der Waals surface area contributed by atoms with E-state index in [1.165, 1.54) is 33.4 Å². The molecule has 0 aliphatic heterocycles. The van der Waals surface area contributed by atoms with E-state index in [-0.39, 0.29) is 5.41 Å². The van der Waals surface area contributed by atoms with E-state index in [1.54, 1.807) is 0 Å². The lowest BCUT2D eigenvalue weighted by molar-refractivity contribution is 0.586. The average Bonchev–Trinajstić information content (AvgIpc) is 2.49. The molecule has 0 saturated heterocycles. The molecule has 2 rings (SSSR count).